The highest BCUT2D eigenvalue weighted by molar-refractivity contribution is 5.72. The lowest BCUT2D eigenvalue weighted by atomic mass is 10.0. The summed E-state index contributed by atoms with van der Waals surface area (Å²) in [7, 11) is 0. The summed E-state index contributed by atoms with van der Waals surface area (Å²) in [5.41, 5.74) is 0. The largest absolute Gasteiger partial charge is 0.480 e. The molecule has 0 aliphatic carbocycles. The molecular weight excluding hydrogens is 262 g/mol. The standard InChI is InChI=1S/C18H37NO2/c1-3-4-5-6-7-8-9-10-11-12-13-14-15-16-19-17(2)18(20)21/h17,19H,3-16H2,1-2H3,(H,20,21). The number of nitrogens with one attached hydrogen (secondary N) is 1. The zero-order chi connectivity index (χ0) is 15.8. The minimum Gasteiger partial charge on any atom is -0.480 e. The molecule has 0 heterocycles. The number of hydrogen-bond donors (Lipinski definition) is 2. The van der Waals surface area contributed by atoms with Crippen LogP contribution in [0.15, 0.2) is 0 Å². The van der Waals surface area contributed by atoms with E-state index in [1.165, 1.54) is 77.0 Å². The predicted octanol–water partition coefficient (Wildman–Crippen LogP) is 5.14. The second-order valence-corrected chi connectivity index (χ2v) is 6.26. The molecule has 0 bridgehead atoms. The van der Waals surface area contributed by atoms with Crippen LogP contribution in [0.1, 0.15) is 97.3 Å². The van der Waals surface area contributed by atoms with Crippen LogP contribution in [0.5, 0.6) is 0 Å². The van der Waals surface area contributed by atoms with Gasteiger partial charge in [0.25, 0.3) is 0 Å². The molecule has 0 aliphatic heterocycles. The topological polar surface area (TPSA) is 49.3 Å². The molecule has 3 heteroatoms. The van der Waals surface area contributed by atoms with Gasteiger partial charge in [0.2, 0.25) is 0 Å². The Morgan fingerprint density at radius 3 is 1.57 bits per heavy atom. The Kier molecular flexibility index (Phi) is 15.4. The number of carbonyl (C=O) groups is 1. The van der Waals surface area contributed by atoms with Crippen LogP contribution in [0.4, 0.5) is 0 Å². The van der Waals surface area contributed by atoms with Gasteiger partial charge < -0.3 is 10.4 Å². The van der Waals surface area contributed by atoms with Crippen LogP contribution >= 0.6 is 0 Å². The van der Waals surface area contributed by atoms with Crippen LogP contribution < -0.4 is 5.32 Å². The Balaban J connectivity index is 3.04. The first kappa shape index (κ1) is 20.4. The van der Waals surface area contributed by atoms with E-state index in [0.717, 1.165) is 13.0 Å². The highest BCUT2D eigenvalue weighted by Gasteiger charge is 2.07. The van der Waals surface area contributed by atoms with Crippen LogP contribution in [-0.4, -0.2) is 23.7 Å². The molecule has 0 aromatic heterocycles. The molecule has 0 radical (unpaired) electrons. The zero-order valence-corrected chi connectivity index (χ0v) is 14.3. The van der Waals surface area contributed by atoms with Crippen molar-refractivity contribution < 1.29 is 9.90 Å². The molecule has 0 aliphatic rings. The molecule has 0 rings (SSSR count). The van der Waals surface area contributed by atoms with E-state index in [9.17, 15) is 4.79 Å². The highest BCUT2D eigenvalue weighted by Crippen LogP contribution is 2.12. The third-order valence-electron chi connectivity index (χ3n) is 4.10. The summed E-state index contributed by atoms with van der Waals surface area (Å²) in [4.78, 5) is 10.6. The maximum atomic E-state index is 10.6. The first-order valence-electron chi connectivity index (χ1n) is 9.14. The Morgan fingerprint density at radius 2 is 1.19 bits per heavy atom. The molecular formula is C18H37NO2. The van der Waals surface area contributed by atoms with E-state index in [2.05, 4.69) is 12.2 Å². The van der Waals surface area contributed by atoms with Crippen molar-refractivity contribution in [1.82, 2.24) is 5.32 Å². The SMILES string of the molecule is CCCCCCCCCCCCCCCNC(C)C(=O)O. The van der Waals surface area contributed by atoms with Crippen molar-refractivity contribution in [2.45, 2.75) is 103 Å². The van der Waals surface area contributed by atoms with Gasteiger partial charge in [-0.1, -0.05) is 84.0 Å². The fraction of sp³-hybridized carbons (Fsp3) is 0.944. The van der Waals surface area contributed by atoms with Crippen LogP contribution in [-0.2, 0) is 4.79 Å². The van der Waals surface area contributed by atoms with E-state index in [0.29, 0.717) is 0 Å². The van der Waals surface area contributed by atoms with Crippen molar-refractivity contribution in [2.75, 3.05) is 6.54 Å². The van der Waals surface area contributed by atoms with Gasteiger partial charge in [-0.25, -0.2) is 0 Å². The summed E-state index contributed by atoms with van der Waals surface area (Å²) in [5.74, 6) is -0.760. The summed E-state index contributed by atoms with van der Waals surface area (Å²) < 4.78 is 0. The third kappa shape index (κ3) is 15.6. The molecule has 3 nitrogen and oxygen atoms in total. The molecule has 0 saturated heterocycles. The molecule has 21 heavy (non-hydrogen) atoms. The summed E-state index contributed by atoms with van der Waals surface area (Å²) in [6.07, 6.45) is 17.5. The van der Waals surface area contributed by atoms with Crippen molar-refractivity contribution >= 4 is 5.97 Å². The molecule has 0 fully saturated rings. The number of carboxylic acids is 1. The minimum atomic E-state index is -0.760. The second kappa shape index (κ2) is 15.8. The van der Waals surface area contributed by atoms with Crippen LogP contribution in [0.25, 0.3) is 0 Å². The molecule has 0 aromatic rings. The van der Waals surface area contributed by atoms with Gasteiger partial charge in [0.05, 0.1) is 0 Å². The summed E-state index contributed by atoms with van der Waals surface area (Å²) in [6.45, 7) is 4.79. The summed E-state index contributed by atoms with van der Waals surface area (Å²) in [5, 5.41) is 11.7. The normalized spacial score (nSPS) is 12.5. The summed E-state index contributed by atoms with van der Waals surface area (Å²) >= 11 is 0. The Bertz CT molecular complexity index is 231. The Morgan fingerprint density at radius 1 is 0.810 bits per heavy atom. The molecule has 0 spiro atoms. The van der Waals surface area contributed by atoms with Gasteiger partial charge in [0.15, 0.2) is 0 Å². The van der Waals surface area contributed by atoms with E-state index in [4.69, 9.17) is 5.11 Å². The first-order valence-corrected chi connectivity index (χ1v) is 9.14. The van der Waals surface area contributed by atoms with Gasteiger partial charge in [-0.2, -0.15) is 0 Å². The van der Waals surface area contributed by atoms with Gasteiger partial charge in [0.1, 0.15) is 6.04 Å². The lowest BCUT2D eigenvalue weighted by molar-refractivity contribution is -0.138. The Labute approximate surface area is 131 Å². The smallest absolute Gasteiger partial charge is 0.320 e. The van der Waals surface area contributed by atoms with Crippen molar-refractivity contribution in [3.8, 4) is 0 Å². The lowest BCUT2D eigenvalue weighted by Gasteiger charge is -2.08. The van der Waals surface area contributed by atoms with E-state index in [-0.39, 0.29) is 0 Å². The summed E-state index contributed by atoms with van der Waals surface area (Å²) in [6, 6.07) is -0.415. The minimum absolute atomic E-state index is 0.415. The molecule has 0 saturated carbocycles. The number of hydrogen-bond acceptors (Lipinski definition) is 2. The van der Waals surface area contributed by atoms with Gasteiger partial charge in [-0.15, -0.1) is 0 Å². The number of rotatable bonds is 16. The fourth-order valence-corrected chi connectivity index (χ4v) is 2.55. The van der Waals surface area contributed by atoms with Gasteiger partial charge in [0, 0.05) is 0 Å². The average Bonchev–Trinajstić information content (AvgIpc) is 2.47. The van der Waals surface area contributed by atoms with E-state index < -0.39 is 12.0 Å². The van der Waals surface area contributed by atoms with Crippen molar-refractivity contribution in [3.63, 3.8) is 0 Å². The zero-order valence-electron chi connectivity index (χ0n) is 14.3. The monoisotopic (exact) mass is 299 g/mol. The van der Waals surface area contributed by atoms with Gasteiger partial charge in [-0.05, 0) is 19.9 Å². The van der Waals surface area contributed by atoms with Gasteiger partial charge >= 0.3 is 5.97 Å². The molecule has 1 unspecified atom stereocenters. The van der Waals surface area contributed by atoms with Crippen molar-refractivity contribution in [2.24, 2.45) is 0 Å². The van der Waals surface area contributed by atoms with Crippen LogP contribution in [0.3, 0.4) is 0 Å². The quantitative estimate of drug-likeness (QED) is 0.388. The fourth-order valence-electron chi connectivity index (χ4n) is 2.55. The molecule has 2 N–H and O–H groups in total. The van der Waals surface area contributed by atoms with Crippen LogP contribution in [0.2, 0.25) is 0 Å². The number of unbranched alkanes of at least 4 members (excludes halogenated alkanes) is 12. The van der Waals surface area contributed by atoms with Crippen LogP contribution in [0, 0.1) is 0 Å². The molecule has 126 valence electrons. The van der Waals surface area contributed by atoms with Crippen molar-refractivity contribution in [1.29, 1.82) is 0 Å². The van der Waals surface area contributed by atoms with E-state index in [1.54, 1.807) is 6.92 Å². The number of carboxylic acid groups (broad SMARTS) is 1. The predicted molar refractivity (Wildman–Crippen MR) is 90.8 cm³/mol. The first-order chi connectivity index (χ1) is 10.2. The van der Waals surface area contributed by atoms with Gasteiger partial charge in [-0.3, -0.25) is 4.79 Å². The number of aliphatic carboxylic acids is 1. The van der Waals surface area contributed by atoms with E-state index >= 15 is 0 Å². The van der Waals surface area contributed by atoms with E-state index in [1.807, 2.05) is 0 Å². The maximum Gasteiger partial charge on any atom is 0.320 e. The average molecular weight is 299 g/mol. The molecule has 0 amide bonds. The highest BCUT2D eigenvalue weighted by atomic mass is 16.4. The molecule has 1 atom stereocenters. The lowest BCUT2D eigenvalue weighted by Crippen LogP contribution is -2.34. The second-order valence-electron chi connectivity index (χ2n) is 6.26. The third-order valence-corrected chi connectivity index (χ3v) is 4.10. The maximum absolute atomic E-state index is 10.6. The Hall–Kier alpha value is -0.570. The van der Waals surface area contributed by atoms with Crippen molar-refractivity contribution in [3.05, 3.63) is 0 Å². The molecule has 0 aromatic carbocycles.